The van der Waals surface area contributed by atoms with E-state index in [9.17, 15) is 4.79 Å². The molecule has 0 saturated heterocycles. The van der Waals surface area contributed by atoms with Crippen LogP contribution in [0.25, 0.3) is 10.8 Å². The molecule has 0 fully saturated rings. The van der Waals surface area contributed by atoms with Crippen molar-refractivity contribution < 1.29 is 9.63 Å². The number of hydroxylamine groups is 1. The molecule has 0 aromatic heterocycles. The lowest BCUT2D eigenvalue weighted by atomic mass is 9.82. The van der Waals surface area contributed by atoms with Crippen LogP contribution in [-0.2, 0) is 5.41 Å². The van der Waals surface area contributed by atoms with Crippen LogP contribution in [0.5, 0.6) is 5.75 Å². The lowest BCUT2D eigenvalue weighted by Crippen LogP contribution is -2.31. The SMILES string of the molecule is CC(C)(C)c1ccc2c3c(cccc13)C(=O)NO2. The summed E-state index contributed by atoms with van der Waals surface area (Å²) in [6, 6.07) is 9.79. The molecule has 1 aliphatic rings. The summed E-state index contributed by atoms with van der Waals surface area (Å²) < 4.78 is 0. The van der Waals surface area contributed by atoms with Crippen molar-refractivity contribution in [2.75, 3.05) is 0 Å². The molecular formula is C15H15NO2. The van der Waals surface area contributed by atoms with Gasteiger partial charge in [0.25, 0.3) is 5.91 Å². The second kappa shape index (κ2) is 3.48. The summed E-state index contributed by atoms with van der Waals surface area (Å²) in [6.07, 6.45) is 0. The summed E-state index contributed by atoms with van der Waals surface area (Å²) >= 11 is 0. The number of hydrogen-bond donors (Lipinski definition) is 1. The van der Waals surface area contributed by atoms with E-state index in [1.54, 1.807) is 0 Å². The van der Waals surface area contributed by atoms with Gasteiger partial charge >= 0.3 is 0 Å². The van der Waals surface area contributed by atoms with E-state index in [0.29, 0.717) is 11.3 Å². The number of amides is 1. The first-order chi connectivity index (χ1) is 8.48. The van der Waals surface area contributed by atoms with Crippen LogP contribution in [0, 0.1) is 0 Å². The lowest BCUT2D eigenvalue weighted by Gasteiger charge is -2.25. The molecule has 0 bridgehead atoms. The van der Waals surface area contributed by atoms with Gasteiger partial charge in [-0.25, -0.2) is 0 Å². The zero-order valence-electron chi connectivity index (χ0n) is 10.7. The largest absolute Gasteiger partial charge is 0.379 e. The van der Waals surface area contributed by atoms with Crippen molar-refractivity contribution in [3.63, 3.8) is 0 Å². The molecule has 3 rings (SSSR count). The molecule has 0 saturated carbocycles. The maximum absolute atomic E-state index is 11.8. The zero-order valence-corrected chi connectivity index (χ0v) is 10.7. The first-order valence-electron chi connectivity index (χ1n) is 6.02. The Bertz CT molecular complexity index is 653. The van der Waals surface area contributed by atoms with Gasteiger partial charge in [0.1, 0.15) is 0 Å². The molecule has 2 aromatic rings. The van der Waals surface area contributed by atoms with E-state index in [-0.39, 0.29) is 11.3 Å². The summed E-state index contributed by atoms with van der Waals surface area (Å²) in [4.78, 5) is 17.1. The lowest BCUT2D eigenvalue weighted by molar-refractivity contribution is 0.0748. The quantitative estimate of drug-likeness (QED) is 0.769. The molecule has 3 heteroatoms. The standard InChI is InChI=1S/C15H15NO2/c1-15(2,3)11-7-8-12-13-9(11)5-4-6-10(13)14(17)16-18-12/h4-8H,1-3H3,(H,16,17). The number of rotatable bonds is 0. The van der Waals surface area contributed by atoms with Crippen LogP contribution in [0.2, 0.25) is 0 Å². The molecule has 3 nitrogen and oxygen atoms in total. The Hall–Kier alpha value is -2.03. The third kappa shape index (κ3) is 1.47. The van der Waals surface area contributed by atoms with Crippen molar-refractivity contribution in [2.45, 2.75) is 26.2 Å². The monoisotopic (exact) mass is 241 g/mol. The van der Waals surface area contributed by atoms with Crippen LogP contribution in [-0.4, -0.2) is 5.91 Å². The van der Waals surface area contributed by atoms with Crippen LogP contribution >= 0.6 is 0 Å². The Kier molecular flexibility index (Phi) is 2.14. The van der Waals surface area contributed by atoms with Crippen molar-refractivity contribution in [1.82, 2.24) is 5.48 Å². The van der Waals surface area contributed by atoms with Crippen LogP contribution in [0.1, 0.15) is 36.7 Å². The highest BCUT2D eigenvalue weighted by molar-refractivity contribution is 6.11. The molecule has 1 heterocycles. The van der Waals surface area contributed by atoms with Crippen LogP contribution in [0.15, 0.2) is 30.3 Å². The summed E-state index contributed by atoms with van der Waals surface area (Å²) in [5.41, 5.74) is 4.35. The minimum absolute atomic E-state index is 0.0328. The minimum atomic E-state index is -0.181. The maximum Gasteiger partial charge on any atom is 0.284 e. The number of hydrogen-bond acceptors (Lipinski definition) is 2. The minimum Gasteiger partial charge on any atom is -0.379 e. The topological polar surface area (TPSA) is 38.3 Å². The van der Waals surface area contributed by atoms with Crippen molar-refractivity contribution in [3.05, 3.63) is 41.5 Å². The first kappa shape index (κ1) is 11.1. The van der Waals surface area contributed by atoms with Gasteiger partial charge in [-0.3, -0.25) is 4.79 Å². The Morgan fingerprint density at radius 2 is 1.89 bits per heavy atom. The smallest absolute Gasteiger partial charge is 0.284 e. The first-order valence-corrected chi connectivity index (χ1v) is 6.02. The zero-order chi connectivity index (χ0) is 12.9. The fraction of sp³-hybridized carbons (Fsp3) is 0.267. The highest BCUT2D eigenvalue weighted by atomic mass is 16.7. The Morgan fingerprint density at radius 1 is 1.11 bits per heavy atom. The van der Waals surface area contributed by atoms with Gasteiger partial charge < -0.3 is 4.84 Å². The van der Waals surface area contributed by atoms with E-state index >= 15 is 0 Å². The highest BCUT2D eigenvalue weighted by Crippen LogP contribution is 2.37. The average molecular weight is 241 g/mol. The molecule has 0 aliphatic carbocycles. The van der Waals surface area contributed by atoms with Gasteiger partial charge in [-0.2, -0.15) is 5.48 Å². The van der Waals surface area contributed by atoms with Gasteiger partial charge in [0.2, 0.25) is 0 Å². The van der Waals surface area contributed by atoms with E-state index in [1.807, 2.05) is 24.3 Å². The van der Waals surface area contributed by atoms with Crippen molar-refractivity contribution in [2.24, 2.45) is 0 Å². The van der Waals surface area contributed by atoms with E-state index in [0.717, 1.165) is 10.8 Å². The third-order valence-corrected chi connectivity index (χ3v) is 3.31. The van der Waals surface area contributed by atoms with Gasteiger partial charge in [-0.15, -0.1) is 0 Å². The van der Waals surface area contributed by atoms with Gasteiger partial charge in [-0.05, 0) is 28.5 Å². The maximum atomic E-state index is 11.8. The number of benzene rings is 2. The van der Waals surface area contributed by atoms with Crippen LogP contribution < -0.4 is 10.3 Å². The molecule has 0 unspecified atom stereocenters. The van der Waals surface area contributed by atoms with Crippen molar-refractivity contribution in [1.29, 1.82) is 0 Å². The fourth-order valence-electron chi connectivity index (χ4n) is 2.46. The number of nitrogens with one attached hydrogen (secondary N) is 1. The summed E-state index contributed by atoms with van der Waals surface area (Å²) in [7, 11) is 0. The molecule has 0 radical (unpaired) electrons. The number of carbonyl (C=O) groups is 1. The van der Waals surface area contributed by atoms with E-state index in [2.05, 4.69) is 32.3 Å². The van der Waals surface area contributed by atoms with E-state index < -0.39 is 0 Å². The Labute approximate surface area is 106 Å². The van der Waals surface area contributed by atoms with Crippen LogP contribution in [0.4, 0.5) is 0 Å². The predicted octanol–water partition coefficient (Wildman–Crippen LogP) is 3.17. The molecular weight excluding hydrogens is 226 g/mol. The molecule has 1 N–H and O–H groups in total. The van der Waals surface area contributed by atoms with Gasteiger partial charge in [0, 0.05) is 5.39 Å². The number of carbonyl (C=O) groups excluding carboxylic acids is 1. The molecule has 0 spiro atoms. The molecule has 2 aromatic carbocycles. The second-order valence-electron chi connectivity index (χ2n) is 5.62. The second-order valence-corrected chi connectivity index (χ2v) is 5.62. The predicted molar refractivity (Wildman–Crippen MR) is 70.7 cm³/mol. The summed E-state index contributed by atoms with van der Waals surface area (Å²) in [6.45, 7) is 6.50. The molecule has 1 amide bonds. The van der Waals surface area contributed by atoms with E-state index in [1.165, 1.54) is 5.56 Å². The van der Waals surface area contributed by atoms with Gasteiger partial charge in [0.05, 0.1) is 5.56 Å². The third-order valence-electron chi connectivity index (χ3n) is 3.31. The highest BCUT2D eigenvalue weighted by Gasteiger charge is 2.24. The van der Waals surface area contributed by atoms with E-state index in [4.69, 9.17) is 4.84 Å². The van der Waals surface area contributed by atoms with Gasteiger partial charge in [0.15, 0.2) is 5.75 Å². The molecule has 1 aliphatic heterocycles. The van der Waals surface area contributed by atoms with Gasteiger partial charge in [-0.1, -0.05) is 39.0 Å². The Morgan fingerprint density at radius 3 is 2.61 bits per heavy atom. The van der Waals surface area contributed by atoms with Crippen molar-refractivity contribution >= 4 is 16.7 Å². The summed E-state index contributed by atoms with van der Waals surface area (Å²) in [5, 5.41) is 2.00. The molecule has 0 atom stereocenters. The molecule has 18 heavy (non-hydrogen) atoms. The molecule has 92 valence electrons. The van der Waals surface area contributed by atoms with Crippen LogP contribution in [0.3, 0.4) is 0 Å². The van der Waals surface area contributed by atoms with Crippen molar-refractivity contribution in [3.8, 4) is 5.75 Å². The normalized spacial score (nSPS) is 14.3. The average Bonchev–Trinajstić information content (AvgIpc) is 2.32. The Balaban J connectivity index is 2.44. The fourth-order valence-corrected chi connectivity index (χ4v) is 2.46. The summed E-state index contributed by atoms with van der Waals surface area (Å²) in [5.74, 6) is 0.535.